The van der Waals surface area contributed by atoms with E-state index in [2.05, 4.69) is 38.1 Å². The topological polar surface area (TPSA) is 53.0 Å². The van der Waals surface area contributed by atoms with Crippen molar-refractivity contribution in [3.8, 4) is 0 Å². The van der Waals surface area contributed by atoms with Gasteiger partial charge >= 0.3 is 0 Å². The molecule has 29 heavy (non-hydrogen) atoms. The molecule has 0 saturated heterocycles. The normalized spacial score (nSPS) is 13.6. The van der Waals surface area contributed by atoms with E-state index >= 15 is 0 Å². The molecule has 3 rings (SSSR count). The molecule has 0 spiro atoms. The average Bonchev–Trinajstić information content (AvgIpc) is 3.47. The molecule has 2 aromatic rings. The fourth-order valence-electron chi connectivity index (χ4n) is 3.55. The first kappa shape index (κ1) is 21.5. The van der Waals surface area contributed by atoms with Crippen LogP contribution in [0.2, 0.25) is 0 Å². The molecule has 1 saturated carbocycles. The van der Waals surface area contributed by atoms with Crippen LogP contribution in [0.1, 0.15) is 35.1 Å². The van der Waals surface area contributed by atoms with Crippen LogP contribution in [0, 0.1) is 38.5 Å². The molecule has 2 aromatic carbocycles. The van der Waals surface area contributed by atoms with E-state index in [-0.39, 0.29) is 5.91 Å². The Morgan fingerprint density at radius 2 is 1.72 bits per heavy atom. The number of nitroso groups, excluding NO2 is 1. The van der Waals surface area contributed by atoms with Gasteiger partial charge in [-0.15, -0.1) is 4.91 Å². The summed E-state index contributed by atoms with van der Waals surface area (Å²) in [5.74, 6) is 0.586. The van der Waals surface area contributed by atoms with Crippen LogP contribution in [-0.4, -0.2) is 30.3 Å². The maximum absolute atomic E-state index is 13.2. The van der Waals surface area contributed by atoms with Crippen molar-refractivity contribution in [2.75, 3.05) is 25.0 Å². The quantitative estimate of drug-likeness (QED) is 0.413. The highest BCUT2D eigenvalue weighted by atomic mass is 32.2. The fraction of sp³-hybridized carbons (Fsp3) is 0.435. The van der Waals surface area contributed by atoms with E-state index in [1.54, 1.807) is 18.0 Å². The van der Waals surface area contributed by atoms with Gasteiger partial charge in [0.1, 0.15) is 5.69 Å². The molecule has 5 nitrogen and oxygen atoms in total. The number of carbonyl (C=O) groups is 1. The Bertz CT molecular complexity index is 901. The highest BCUT2D eigenvalue weighted by Crippen LogP contribution is 2.34. The van der Waals surface area contributed by atoms with Crippen LogP contribution in [-0.2, 0) is 4.79 Å². The molecule has 0 unspecified atom stereocenters. The summed E-state index contributed by atoms with van der Waals surface area (Å²) in [4.78, 5) is 27.3. The summed E-state index contributed by atoms with van der Waals surface area (Å²) >= 11 is 1.61. The smallest absolute Gasteiger partial charge is 0.242 e. The molecule has 0 atom stereocenters. The van der Waals surface area contributed by atoms with Gasteiger partial charge in [-0.3, -0.25) is 4.79 Å². The third-order valence-corrected chi connectivity index (χ3v) is 6.52. The first-order chi connectivity index (χ1) is 13.8. The van der Waals surface area contributed by atoms with Crippen molar-refractivity contribution in [2.45, 2.75) is 45.4 Å². The third-order valence-electron chi connectivity index (χ3n) is 5.25. The van der Waals surface area contributed by atoms with Gasteiger partial charge in [0.25, 0.3) is 0 Å². The number of amides is 1. The highest BCUT2D eigenvalue weighted by Gasteiger charge is 2.28. The Balaban J connectivity index is 1.75. The second-order valence-corrected chi connectivity index (χ2v) is 9.33. The number of hydrogen-bond donors (Lipinski definition) is 0. The van der Waals surface area contributed by atoms with Crippen molar-refractivity contribution in [3.63, 3.8) is 0 Å². The van der Waals surface area contributed by atoms with E-state index in [0.717, 1.165) is 24.1 Å². The van der Waals surface area contributed by atoms with Gasteiger partial charge in [0.05, 0.1) is 6.54 Å². The largest absolute Gasteiger partial charge is 0.311 e. The number of hydrogen-bond acceptors (Lipinski definition) is 5. The van der Waals surface area contributed by atoms with E-state index in [1.165, 1.54) is 21.6 Å². The molecule has 0 bridgehead atoms. The van der Waals surface area contributed by atoms with Gasteiger partial charge in [0, 0.05) is 17.1 Å². The molecule has 0 heterocycles. The van der Waals surface area contributed by atoms with Crippen molar-refractivity contribution in [1.82, 2.24) is 4.31 Å². The standard InChI is InChI=1S/C23H29N3O2S/c1-15-10-17(3)23(18(4)11-15)29-25(5)14-22(27)26(13-19-7-8-19)20-9-6-16(2)21(12-20)24-28/h6,9-12,19H,7-8,13-14H2,1-5H3. The maximum atomic E-state index is 13.2. The molecular formula is C23H29N3O2S. The summed E-state index contributed by atoms with van der Waals surface area (Å²) in [6.07, 6.45) is 2.31. The third kappa shape index (κ3) is 5.46. The van der Waals surface area contributed by atoms with Gasteiger partial charge in [0.15, 0.2) is 0 Å². The minimum atomic E-state index is 0.0371. The number of benzene rings is 2. The molecule has 154 valence electrons. The molecule has 0 N–H and O–H groups in total. The molecule has 1 aliphatic rings. The van der Waals surface area contributed by atoms with Crippen LogP contribution >= 0.6 is 11.9 Å². The number of rotatable bonds is 8. The van der Waals surface area contributed by atoms with E-state index in [9.17, 15) is 9.70 Å². The lowest BCUT2D eigenvalue weighted by molar-refractivity contribution is -0.118. The number of anilines is 1. The summed E-state index contributed by atoms with van der Waals surface area (Å²) in [6.45, 7) is 9.16. The average molecular weight is 412 g/mol. The van der Waals surface area contributed by atoms with Gasteiger partial charge < -0.3 is 4.90 Å². The zero-order valence-corrected chi connectivity index (χ0v) is 18.7. The first-order valence-corrected chi connectivity index (χ1v) is 10.8. The second kappa shape index (κ2) is 9.09. The number of likely N-dealkylation sites (N-methyl/N-ethyl adjacent to an activating group) is 1. The summed E-state index contributed by atoms with van der Waals surface area (Å²) in [5, 5.41) is 3.11. The molecule has 0 radical (unpaired) electrons. The SMILES string of the molecule is Cc1cc(C)c(SN(C)CC(=O)N(CC2CC2)c2ccc(C)c(N=O)c2)c(C)c1. The van der Waals surface area contributed by atoms with Crippen LogP contribution in [0.15, 0.2) is 40.4 Å². The zero-order valence-electron chi connectivity index (χ0n) is 17.9. The lowest BCUT2D eigenvalue weighted by Crippen LogP contribution is -2.38. The molecule has 0 aromatic heterocycles. The minimum Gasteiger partial charge on any atom is -0.311 e. The van der Waals surface area contributed by atoms with E-state index < -0.39 is 0 Å². The number of carbonyl (C=O) groups excluding carboxylic acids is 1. The van der Waals surface area contributed by atoms with Gasteiger partial charge in [-0.2, -0.15) is 0 Å². The predicted molar refractivity (Wildman–Crippen MR) is 121 cm³/mol. The highest BCUT2D eigenvalue weighted by molar-refractivity contribution is 7.97. The molecule has 0 aliphatic heterocycles. The minimum absolute atomic E-state index is 0.0371. The number of nitrogens with zero attached hydrogens (tertiary/aromatic N) is 3. The summed E-state index contributed by atoms with van der Waals surface area (Å²) in [7, 11) is 1.95. The Hall–Kier alpha value is -2.18. The van der Waals surface area contributed by atoms with Crippen LogP contribution in [0.5, 0.6) is 0 Å². The van der Waals surface area contributed by atoms with Crippen LogP contribution in [0.3, 0.4) is 0 Å². The zero-order chi connectivity index (χ0) is 21.1. The summed E-state index contributed by atoms with van der Waals surface area (Å²) < 4.78 is 1.99. The van der Waals surface area contributed by atoms with Crippen LogP contribution < -0.4 is 4.90 Å². The monoisotopic (exact) mass is 411 g/mol. The Kier molecular flexibility index (Phi) is 6.75. The van der Waals surface area contributed by atoms with Crippen molar-refractivity contribution < 1.29 is 4.79 Å². The van der Waals surface area contributed by atoms with Gasteiger partial charge in [-0.1, -0.05) is 23.8 Å². The molecular weight excluding hydrogens is 382 g/mol. The van der Waals surface area contributed by atoms with Gasteiger partial charge in [-0.25, -0.2) is 4.31 Å². The van der Waals surface area contributed by atoms with Gasteiger partial charge in [-0.05, 0) is 99.5 Å². The van der Waals surface area contributed by atoms with Crippen molar-refractivity contribution in [3.05, 3.63) is 57.5 Å². The molecule has 1 amide bonds. The van der Waals surface area contributed by atoms with E-state index in [0.29, 0.717) is 24.7 Å². The molecule has 1 fully saturated rings. The van der Waals surface area contributed by atoms with Gasteiger partial charge in [0.2, 0.25) is 5.91 Å². The van der Waals surface area contributed by atoms with Crippen molar-refractivity contribution in [1.29, 1.82) is 0 Å². The van der Waals surface area contributed by atoms with E-state index in [1.807, 2.05) is 35.3 Å². The van der Waals surface area contributed by atoms with Crippen molar-refractivity contribution in [2.24, 2.45) is 11.1 Å². The Labute approximate surface area is 177 Å². The molecule has 1 aliphatic carbocycles. The summed E-state index contributed by atoms with van der Waals surface area (Å²) in [6, 6.07) is 9.84. The Morgan fingerprint density at radius 1 is 1.07 bits per heavy atom. The Morgan fingerprint density at radius 3 is 2.31 bits per heavy atom. The predicted octanol–water partition coefficient (Wildman–Crippen LogP) is 5.70. The summed E-state index contributed by atoms with van der Waals surface area (Å²) in [5.41, 5.74) is 5.66. The van der Waals surface area contributed by atoms with Crippen LogP contribution in [0.4, 0.5) is 11.4 Å². The lowest BCUT2D eigenvalue weighted by Gasteiger charge is -2.26. The second-order valence-electron chi connectivity index (χ2n) is 8.11. The molecule has 6 heteroatoms. The van der Waals surface area contributed by atoms with Crippen LogP contribution in [0.25, 0.3) is 0 Å². The van der Waals surface area contributed by atoms with Crippen molar-refractivity contribution >= 4 is 29.2 Å². The van der Waals surface area contributed by atoms with E-state index in [4.69, 9.17) is 0 Å². The number of aryl methyl sites for hydroxylation is 4. The maximum Gasteiger partial charge on any atom is 0.242 e. The lowest BCUT2D eigenvalue weighted by atomic mass is 10.1. The fourth-order valence-corrected chi connectivity index (χ4v) is 4.44. The first-order valence-electron chi connectivity index (χ1n) is 9.99.